The molecule has 0 saturated heterocycles. The fraction of sp³-hybridized carbons (Fsp3) is 0. The van der Waals surface area contributed by atoms with Crippen LogP contribution in [0, 0.1) is 0 Å². The number of hydrogen-bond acceptors (Lipinski definition) is 5. The van der Waals surface area contributed by atoms with E-state index in [-0.39, 0.29) is 15.7 Å². The molecule has 0 atom stereocenters. The van der Waals surface area contributed by atoms with Gasteiger partial charge in [-0.15, -0.1) is 11.3 Å². The van der Waals surface area contributed by atoms with Gasteiger partial charge in [-0.2, -0.15) is 0 Å². The van der Waals surface area contributed by atoms with Crippen molar-refractivity contribution in [1.82, 2.24) is 9.97 Å². The second-order valence-corrected chi connectivity index (χ2v) is 5.59. The summed E-state index contributed by atoms with van der Waals surface area (Å²) in [7, 11) is -3.79. The molecule has 0 saturated carbocycles. The van der Waals surface area contributed by atoms with Gasteiger partial charge in [0, 0.05) is 17.8 Å². The van der Waals surface area contributed by atoms with Gasteiger partial charge in [0.1, 0.15) is 4.88 Å². The average molecular weight is 273 g/mol. The topological polar surface area (TPSA) is 112 Å². The van der Waals surface area contributed by atoms with Crippen molar-refractivity contribution in [3.05, 3.63) is 28.7 Å². The molecule has 90 valence electrons. The highest BCUT2D eigenvalue weighted by atomic mass is 32.2. The number of anilines is 1. The first-order chi connectivity index (χ1) is 7.99. The molecule has 0 aliphatic carbocycles. The Morgan fingerprint density at radius 1 is 1.53 bits per heavy atom. The molecule has 0 aliphatic rings. The molecule has 2 heterocycles. The first kappa shape index (κ1) is 11.6. The molecule has 17 heavy (non-hydrogen) atoms. The van der Waals surface area contributed by atoms with E-state index in [0.717, 1.165) is 17.4 Å². The molecule has 0 aliphatic heterocycles. The summed E-state index contributed by atoms with van der Waals surface area (Å²) < 4.78 is 25.7. The number of imidazole rings is 1. The Bertz CT molecular complexity index is 630. The van der Waals surface area contributed by atoms with E-state index < -0.39 is 16.0 Å². The summed E-state index contributed by atoms with van der Waals surface area (Å²) in [5.74, 6) is -1.08. The number of sulfonamides is 1. The number of carbonyl (C=O) groups is 1. The molecule has 2 aromatic heterocycles. The molecule has 9 heteroatoms. The monoisotopic (exact) mass is 273 g/mol. The van der Waals surface area contributed by atoms with Crippen LogP contribution < -0.4 is 4.72 Å². The predicted octanol–water partition coefficient (Wildman–Crippen LogP) is 0.970. The summed E-state index contributed by atoms with van der Waals surface area (Å²) in [5, 5.41) is 9.96. The van der Waals surface area contributed by atoms with Gasteiger partial charge in [-0.1, -0.05) is 0 Å². The zero-order chi connectivity index (χ0) is 12.5. The maximum absolute atomic E-state index is 11.8. The number of hydrogen-bond donors (Lipinski definition) is 3. The number of H-pyrrole nitrogens is 1. The number of rotatable bonds is 4. The number of carboxylic acid groups (broad SMARTS) is 1. The number of nitrogens with zero attached hydrogens (tertiary/aromatic N) is 1. The van der Waals surface area contributed by atoms with E-state index >= 15 is 0 Å². The molecule has 0 spiro atoms. The van der Waals surface area contributed by atoms with Crippen LogP contribution in [0.1, 0.15) is 9.67 Å². The van der Waals surface area contributed by atoms with Gasteiger partial charge in [0.05, 0.1) is 4.90 Å². The van der Waals surface area contributed by atoms with E-state index in [9.17, 15) is 13.2 Å². The predicted molar refractivity (Wildman–Crippen MR) is 60.7 cm³/mol. The lowest BCUT2D eigenvalue weighted by molar-refractivity contribution is 0.0702. The summed E-state index contributed by atoms with van der Waals surface area (Å²) >= 11 is 0.848. The van der Waals surface area contributed by atoms with E-state index in [2.05, 4.69) is 14.7 Å². The zero-order valence-corrected chi connectivity index (χ0v) is 9.88. The molecular formula is C8H7N3O4S2. The van der Waals surface area contributed by atoms with Gasteiger partial charge in [-0.25, -0.2) is 22.9 Å². The lowest BCUT2D eigenvalue weighted by Gasteiger charge is -2.01. The molecule has 0 aromatic carbocycles. The Balaban J connectivity index is 2.28. The van der Waals surface area contributed by atoms with Gasteiger partial charge in [-0.3, -0.25) is 0 Å². The van der Waals surface area contributed by atoms with Gasteiger partial charge in [0.15, 0.2) is 0 Å². The molecule has 3 N–H and O–H groups in total. The van der Waals surface area contributed by atoms with Gasteiger partial charge in [-0.05, 0) is 6.07 Å². The molecule has 2 aromatic rings. The summed E-state index contributed by atoms with van der Waals surface area (Å²) in [5.41, 5.74) is 0. The van der Waals surface area contributed by atoms with Crippen LogP contribution in [0.5, 0.6) is 0 Å². The molecule has 7 nitrogen and oxygen atoms in total. The highest BCUT2D eigenvalue weighted by molar-refractivity contribution is 7.92. The number of aromatic nitrogens is 2. The van der Waals surface area contributed by atoms with Gasteiger partial charge < -0.3 is 10.1 Å². The number of thiophene rings is 1. The Hall–Kier alpha value is -1.87. The van der Waals surface area contributed by atoms with E-state index in [1.54, 1.807) is 0 Å². The van der Waals surface area contributed by atoms with E-state index in [0.29, 0.717) is 0 Å². The van der Waals surface area contributed by atoms with Crippen LogP contribution in [0.25, 0.3) is 0 Å². The molecule has 0 amide bonds. The van der Waals surface area contributed by atoms with Crippen molar-refractivity contribution in [2.45, 2.75) is 4.90 Å². The second kappa shape index (κ2) is 4.18. The van der Waals surface area contributed by atoms with Crippen molar-refractivity contribution >= 4 is 33.3 Å². The number of nitrogens with one attached hydrogen (secondary N) is 2. The van der Waals surface area contributed by atoms with Crippen molar-refractivity contribution in [1.29, 1.82) is 0 Å². The average Bonchev–Trinajstić information content (AvgIpc) is 2.84. The maximum atomic E-state index is 11.8. The van der Waals surface area contributed by atoms with Crippen LogP contribution in [0.3, 0.4) is 0 Å². The van der Waals surface area contributed by atoms with Gasteiger partial charge in [0.2, 0.25) is 5.95 Å². The van der Waals surface area contributed by atoms with Crippen LogP contribution >= 0.6 is 11.3 Å². The van der Waals surface area contributed by atoms with Gasteiger partial charge in [0.25, 0.3) is 10.0 Å². The number of aromatic amines is 1. The molecule has 0 radical (unpaired) electrons. The summed E-state index contributed by atoms with van der Waals surface area (Å²) in [4.78, 5) is 16.8. The minimum absolute atomic E-state index is 0.0372. The van der Waals surface area contributed by atoms with E-state index in [1.807, 2.05) is 0 Å². The molecular weight excluding hydrogens is 266 g/mol. The largest absolute Gasteiger partial charge is 0.477 e. The van der Waals surface area contributed by atoms with E-state index in [1.165, 1.54) is 17.8 Å². The van der Waals surface area contributed by atoms with E-state index in [4.69, 9.17) is 5.11 Å². The van der Waals surface area contributed by atoms with Crippen LogP contribution in [-0.2, 0) is 10.0 Å². The maximum Gasteiger partial charge on any atom is 0.345 e. The van der Waals surface area contributed by atoms with Gasteiger partial charge >= 0.3 is 5.97 Å². The first-order valence-electron chi connectivity index (χ1n) is 4.33. The Morgan fingerprint density at radius 3 is 2.82 bits per heavy atom. The molecule has 0 bridgehead atoms. The Kier molecular flexibility index (Phi) is 2.86. The molecule has 0 unspecified atom stereocenters. The van der Waals surface area contributed by atoms with Crippen LogP contribution in [0.2, 0.25) is 0 Å². The van der Waals surface area contributed by atoms with Crippen molar-refractivity contribution in [3.63, 3.8) is 0 Å². The minimum atomic E-state index is -3.79. The van der Waals surface area contributed by atoms with Crippen molar-refractivity contribution < 1.29 is 18.3 Å². The lowest BCUT2D eigenvalue weighted by atomic mass is 10.5. The molecule has 0 fully saturated rings. The second-order valence-electron chi connectivity index (χ2n) is 3.00. The smallest absolute Gasteiger partial charge is 0.345 e. The first-order valence-corrected chi connectivity index (χ1v) is 6.69. The van der Waals surface area contributed by atoms with Crippen LogP contribution in [0.15, 0.2) is 28.7 Å². The van der Waals surface area contributed by atoms with Crippen molar-refractivity contribution in [3.8, 4) is 0 Å². The summed E-state index contributed by atoms with van der Waals surface area (Å²) in [6.45, 7) is 0. The van der Waals surface area contributed by atoms with Crippen LogP contribution in [0.4, 0.5) is 5.95 Å². The zero-order valence-electron chi connectivity index (χ0n) is 8.25. The third-order valence-electron chi connectivity index (χ3n) is 1.83. The number of aromatic carboxylic acids is 1. The van der Waals surface area contributed by atoms with Crippen molar-refractivity contribution in [2.24, 2.45) is 0 Å². The Morgan fingerprint density at radius 2 is 2.29 bits per heavy atom. The number of carboxylic acids is 1. The normalized spacial score (nSPS) is 11.3. The fourth-order valence-corrected chi connectivity index (χ4v) is 3.17. The van der Waals surface area contributed by atoms with Crippen molar-refractivity contribution in [2.75, 3.05) is 4.72 Å². The SMILES string of the molecule is O=C(O)c1cc(S(=O)(=O)Nc2ncc[nH]2)cs1. The Labute approximate surface area is 100 Å². The highest BCUT2D eigenvalue weighted by Gasteiger charge is 2.19. The summed E-state index contributed by atoms with van der Waals surface area (Å²) in [6.07, 6.45) is 2.86. The molecule has 2 rings (SSSR count). The quantitative estimate of drug-likeness (QED) is 0.768. The third-order valence-corrected chi connectivity index (χ3v) is 4.21. The minimum Gasteiger partial charge on any atom is -0.477 e. The third kappa shape index (κ3) is 2.45. The summed E-state index contributed by atoms with van der Waals surface area (Å²) in [6, 6.07) is 1.10. The standard InChI is InChI=1S/C8H7N3O4S2/c12-7(13)6-3-5(4-16-6)17(14,15)11-8-9-1-2-10-8/h1-4H,(H,12,13)(H2,9,10,11). The fourth-order valence-electron chi connectivity index (χ4n) is 1.08. The lowest BCUT2D eigenvalue weighted by Crippen LogP contribution is -2.13. The van der Waals surface area contributed by atoms with Crippen LogP contribution in [-0.4, -0.2) is 29.5 Å². The highest BCUT2D eigenvalue weighted by Crippen LogP contribution is 2.20.